The number of nitrogens with zero attached hydrogens (tertiary/aromatic N) is 3. The number of aromatic nitrogens is 2. The van der Waals surface area contributed by atoms with E-state index in [0.717, 1.165) is 49.4 Å². The maximum Gasteiger partial charge on any atom is 0.255 e. The number of amides is 1. The molecule has 5 heteroatoms. The molecule has 4 rings (SSSR count). The second kappa shape index (κ2) is 9.26. The van der Waals surface area contributed by atoms with E-state index in [-0.39, 0.29) is 11.9 Å². The molecule has 1 amide bonds. The van der Waals surface area contributed by atoms with Crippen LogP contribution >= 0.6 is 0 Å². The molecule has 1 aliphatic heterocycles. The molecule has 1 saturated heterocycles. The van der Waals surface area contributed by atoms with E-state index in [9.17, 15) is 4.79 Å². The third-order valence-corrected chi connectivity index (χ3v) is 5.96. The summed E-state index contributed by atoms with van der Waals surface area (Å²) in [5, 5.41) is 7.89. The molecule has 3 aromatic rings. The minimum absolute atomic E-state index is 0.00539. The molecule has 2 aromatic carbocycles. The van der Waals surface area contributed by atoms with E-state index in [1.54, 1.807) is 0 Å². The minimum atomic E-state index is 0.00539. The first-order valence-electron chi connectivity index (χ1n) is 10.7. The third-order valence-electron chi connectivity index (χ3n) is 5.96. The summed E-state index contributed by atoms with van der Waals surface area (Å²) in [6.45, 7) is 7.58. The average Bonchev–Trinajstić information content (AvgIpc) is 3.04. The van der Waals surface area contributed by atoms with Crippen molar-refractivity contribution in [3.8, 4) is 0 Å². The van der Waals surface area contributed by atoms with Crippen molar-refractivity contribution < 1.29 is 4.79 Å². The Morgan fingerprint density at radius 2 is 1.50 bits per heavy atom. The lowest BCUT2D eigenvalue weighted by Crippen LogP contribution is -2.44. The summed E-state index contributed by atoms with van der Waals surface area (Å²) in [6, 6.07) is 21.0. The van der Waals surface area contributed by atoms with E-state index < -0.39 is 0 Å². The fourth-order valence-corrected chi connectivity index (χ4v) is 4.27. The van der Waals surface area contributed by atoms with Crippen LogP contribution in [0.5, 0.6) is 0 Å². The number of likely N-dealkylation sites (tertiary alicyclic amines) is 1. The summed E-state index contributed by atoms with van der Waals surface area (Å²) in [5.41, 5.74) is 4.97. The van der Waals surface area contributed by atoms with E-state index in [4.69, 9.17) is 0 Å². The molecule has 1 aromatic heterocycles. The van der Waals surface area contributed by atoms with Gasteiger partial charge in [0.25, 0.3) is 5.91 Å². The third kappa shape index (κ3) is 4.79. The zero-order chi connectivity index (χ0) is 20.9. The Morgan fingerprint density at radius 3 is 2.10 bits per heavy atom. The van der Waals surface area contributed by atoms with Gasteiger partial charge >= 0.3 is 0 Å². The van der Waals surface area contributed by atoms with Crippen LogP contribution in [-0.4, -0.2) is 39.7 Å². The van der Waals surface area contributed by atoms with Gasteiger partial charge in [0.1, 0.15) is 0 Å². The van der Waals surface area contributed by atoms with Crippen LogP contribution in [0.25, 0.3) is 0 Å². The van der Waals surface area contributed by atoms with Gasteiger partial charge in [-0.2, -0.15) is 5.10 Å². The highest BCUT2D eigenvalue weighted by Crippen LogP contribution is 2.18. The summed E-state index contributed by atoms with van der Waals surface area (Å²) in [7, 11) is 0. The highest BCUT2D eigenvalue weighted by Gasteiger charge is 2.24. The highest BCUT2D eigenvalue weighted by molar-refractivity contribution is 5.96. The highest BCUT2D eigenvalue weighted by atomic mass is 16.1. The predicted molar refractivity (Wildman–Crippen MR) is 119 cm³/mol. The molecule has 0 atom stereocenters. The maximum absolute atomic E-state index is 13.0. The number of carbonyl (C=O) groups is 1. The molecule has 1 N–H and O–H groups in total. The summed E-state index contributed by atoms with van der Waals surface area (Å²) in [5.74, 6) is 0.00539. The van der Waals surface area contributed by atoms with E-state index in [1.165, 1.54) is 11.1 Å². The molecule has 5 nitrogen and oxygen atoms in total. The Balaban J connectivity index is 1.34. The first kappa shape index (κ1) is 20.4. The van der Waals surface area contributed by atoms with Gasteiger partial charge in [0, 0.05) is 31.4 Å². The number of carbonyl (C=O) groups excluding carboxylic acids is 1. The lowest BCUT2D eigenvalue weighted by Gasteiger charge is -2.32. The van der Waals surface area contributed by atoms with E-state index >= 15 is 0 Å². The number of piperidine rings is 1. The minimum Gasteiger partial charge on any atom is -0.349 e. The Labute approximate surface area is 178 Å². The zero-order valence-corrected chi connectivity index (χ0v) is 17.8. The lowest BCUT2D eigenvalue weighted by atomic mass is 10.0. The Bertz CT molecular complexity index is 973. The normalized spacial score (nSPS) is 15.3. The smallest absolute Gasteiger partial charge is 0.255 e. The molecule has 1 aliphatic rings. The van der Waals surface area contributed by atoms with Crippen molar-refractivity contribution in [1.82, 2.24) is 20.0 Å². The molecule has 0 unspecified atom stereocenters. The Morgan fingerprint density at radius 1 is 0.933 bits per heavy atom. The lowest BCUT2D eigenvalue weighted by molar-refractivity contribution is 0.0907. The molecule has 0 saturated carbocycles. The quantitative estimate of drug-likeness (QED) is 0.679. The largest absolute Gasteiger partial charge is 0.349 e. The van der Waals surface area contributed by atoms with E-state index in [1.807, 2.05) is 36.7 Å². The van der Waals surface area contributed by atoms with E-state index in [2.05, 4.69) is 57.8 Å². The van der Waals surface area contributed by atoms with Gasteiger partial charge < -0.3 is 5.32 Å². The summed E-state index contributed by atoms with van der Waals surface area (Å²) >= 11 is 0. The molecular weight excluding hydrogens is 372 g/mol. The van der Waals surface area contributed by atoms with Crippen molar-refractivity contribution in [2.45, 2.75) is 45.8 Å². The molecule has 1 fully saturated rings. The first-order valence-corrected chi connectivity index (χ1v) is 10.7. The van der Waals surface area contributed by atoms with Crippen LogP contribution in [0.2, 0.25) is 0 Å². The summed E-state index contributed by atoms with van der Waals surface area (Å²) in [4.78, 5) is 15.5. The van der Waals surface area contributed by atoms with Crippen molar-refractivity contribution in [3.63, 3.8) is 0 Å². The predicted octanol–water partition coefficient (Wildman–Crippen LogP) is 3.94. The van der Waals surface area contributed by atoms with Crippen LogP contribution in [0.3, 0.4) is 0 Å². The van der Waals surface area contributed by atoms with Crippen molar-refractivity contribution in [1.29, 1.82) is 0 Å². The molecule has 0 spiro atoms. The topological polar surface area (TPSA) is 50.2 Å². The SMILES string of the molecule is Cc1nn(Cc2ccccc2)c(C)c1C(=O)NC1CCN(Cc2ccccc2)CC1. The summed E-state index contributed by atoms with van der Waals surface area (Å²) in [6.07, 6.45) is 1.96. The Hall–Kier alpha value is -2.92. The second-order valence-corrected chi connectivity index (χ2v) is 8.20. The van der Waals surface area contributed by atoms with Gasteiger partial charge in [-0.25, -0.2) is 0 Å². The van der Waals surface area contributed by atoms with Gasteiger partial charge in [0.15, 0.2) is 0 Å². The molecule has 0 aliphatic carbocycles. The molecule has 0 radical (unpaired) electrons. The van der Waals surface area contributed by atoms with Crippen molar-refractivity contribution in [3.05, 3.63) is 88.7 Å². The molecular formula is C25H30N4O. The van der Waals surface area contributed by atoms with Gasteiger partial charge in [0.05, 0.1) is 17.8 Å². The van der Waals surface area contributed by atoms with Gasteiger partial charge in [-0.15, -0.1) is 0 Å². The molecule has 2 heterocycles. The molecule has 156 valence electrons. The monoisotopic (exact) mass is 402 g/mol. The molecule has 0 bridgehead atoms. The number of hydrogen-bond donors (Lipinski definition) is 1. The first-order chi connectivity index (χ1) is 14.6. The number of aryl methyl sites for hydroxylation is 1. The number of hydrogen-bond acceptors (Lipinski definition) is 3. The van der Waals surface area contributed by atoms with Crippen LogP contribution < -0.4 is 5.32 Å². The van der Waals surface area contributed by atoms with Crippen LogP contribution in [0.4, 0.5) is 0 Å². The van der Waals surface area contributed by atoms with Crippen LogP contribution in [0.15, 0.2) is 60.7 Å². The fraction of sp³-hybridized carbons (Fsp3) is 0.360. The van der Waals surface area contributed by atoms with Gasteiger partial charge in [0.2, 0.25) is 0 Å². The van der Waals surface area contributed by atoms with Gasteiger partial charge in [-0.1, -0.05) is 60.7 Å². The van der Waals surface area contributed by atoms with Crippen LogP contribution in [0.1, 0.15) is 45.7 Å². The fourth-order valence-electron chi connectivity index (χ4n) is 4.27. The number of rotatable bonds is 6. The van der Waals surface area contributed by atoms with Gasteiger partial charge in [-0.3, -0.25) is 14.4 Å². The number of nitrogens with one attached hydrogen (secondary N) is 1. The molecule has 30 heavy (non-hydrogen) atoms. The van der Waals surface area contributed by atoms with Crippen LogP contribution in [0, 0.1) is 13.8 Å². The van der Waals surface area contributed by atoms with Crippen molar-refractivity contribution in [2.75, 3.05) is 13.1 Å². The standard InChI is InChI=1S/C25H30N4O/c1-19-24(20(2)29(27-19)18-22-11-7-4-8-12-22)25(30)26-23-13-15-28(16-14-23)17-21-9-5-3-6-10-21/h3-12,23H,13-18H2,1-2H3,(H,26,30). The zero-order valence-electron chi connectivity index (χ0n) is 17.8. The van der Waals surface area contributed by atoms with Gasteiger partial charge in [-0.05, 0) is 37.8 Å². The van der Waals surface area contributed by atoms with Crippen molar-refractivity contribution in [2.24, 2.45) is 0 Å². The number of benzene rings is 2. The van der Waals surface area contributed by atoms with Crippen molar-refractivity contribution >= 4 is 5.91 Å². The maximum atomic E-state index is 13.0. The summed E-state index contributed by atoms with van der Waals surface area (Å²) < 4.78 is 1.93. The Kier molecular flexibility index (Phi) is 6.29. The van der Waals surface area contributed by atoms with E-state index in [0.29, 0.717) is 6.54 Å². The second-order valence-electron chi connectivity index (χ2n) is 8.20. The average molecular weight is 403 g/mol. The van der Waals surface area contributed by atoms with Crippen LogP contribution in [-0.2, 0) is 13.1 Å².